The van der Waals surface area contributed by atoms with Crippen molar-refractivity contribution in [1.29, 1.82) is 0 Å². The van der Waals surface area contributed by atoms with Gasteiger partial charge in [0.15, 0.2) is 0 Å². The summed E-state index contributed by atoms with van der Waals surface area (Å²) in [6, 6.07) is 0. The minimum Gasteiger partial charge on any atom is -0.478 e. The molecule has 0 saturated heterocycles. The number of halogens is 6. The van der Waals surface area contributed by atoms with Crippen LogP contribution in [0.25, 0.3) is 0 Å². The van der Waals surface area contributed by atoms with Crippen LogP contribution in [0, 0.1) is 0 Å². The lowest BCUT2D eigenvalue weighted by atomic mass is 10.1. The lowest BCUT2D eigenvalue weighted by Gasteiger charge is -2.10. The lowest BCUT2D eigenvalue weighted by molar-refractivity contribution is -0.146. The predicted octanol–water partition coefficient (Wildman–Crippen LogP) is 2.51. The maximum absolute atomic E-state index is 12.4. The topological polar surface area (TPSA) is 37.3 Å². The van der Waals surface area contributed by atoms with Crippen LogP contribution in [-0.2, 0) is 4.79 Å². The highest BCUT2D eigenvalue weighted by atomic mass is 19.4. The molecule has 0 saturated carbocycles. The number of carboxylic acids is 1. The van der Waals surface area contributed by atoms with Crippen LogP contribution < -0.4 is 0 Å². The van der Waals surface area contributed by atoms with Crippen LogP contribution in [0.5, 0.6) is 0 Å². The van der Waals surface area contributed by atoms with Crippen molar-refractivity contribution in [2.24, 2.45) is 0 Å². The second-order valence-electron chi connectivity index (χ2n) is 2.27. The Labute approximate surface area is 73.8 Å². The van der Waals surface area contributed by atoms with Crippen molar-refractivity contribution in [2.45, 2.75) is 18.8 Å². The van der Waals surface area contributed by atoms with Crippen molar-refractivity contribution in [1.82, 2.24) is 0 Å². The summed E-state index contributed by atoms with van der Waals surface area (Å²) in [6.45, 7) is 0. The first-order valence-electron chi connectivity index (χ1n) is 3.14. The van der Waals surface area contributed by atoms with Gasteiger partial charge in [0, 0.05) is 0 Å². The second-order valence-corrected chi connectivity index (χ2v) is 2.27. The molecule has 0 aliphatic carbocycles. The molecule has 0 fully saturated rings. The zero-order valence-corrected chi connectivity index (χ0v) is 6.41. The van der Waals surface area contributed by atoms with Crippen LogP contribution in [-0.4, -0.2) is 23.4 Å². The summed E-state index contributed by atoms with van der Waals surface area (Å²) >= 11 is 0. The summed E-state index contributed by atoms with van der Waals surface area (Å²) in [5, 5.41) is 7.97. The zero-order chi connectivity index (χ0) is 11.5. The summed E-state index contributed by atoms with van der Waals surface area (Å²) in [4.78, 5) is 9.92. The molecule has 82 valence electrons. The maximum Gasteiger partial charge on any atom is 0.392 e. The highest BCUT2D eigenvalue weighted by Crippen LogP contribution is 2.28. The van der Waals surface area contributed by atoms with Crippen LogP contribution in [0.2, 0.25) is 0 Å². The van der Waals surface area contributed by atoms with Gasteiger partial charge in [-0.3, -0.25) is 0 Å². The molecule has 0 bridgehead atoms. The standard InChI is InChI=1S/C6H4F6O2/c7-2(1-6(10,11)12)3(4(8)9)5(13)14/h2H,1H2,(H,13,14). The average Bonchev–Trinajstić information content (AvgIpc) is 1.78. The molecule has 0 aromatic heterocycles. The van der Waals surface area contributed by atoms with Gasteiger partial charge in [-0.15, -0.1) is 0 Å². The maximum atomic E-state index is 12.4. The van der Waals surface area contributed by atoms with E-state index in [9.17, 15) is 31.1 Å². The molecular weight excluding hydrogens is 218 g/mol. The van der Waals surface area contributed by atoms with Gasteiger partial charge in [0.05, 0.1) is 6.42 Å². The first kappa shape index (κ1) is 12.8. The van der Waals surface area contributed by atoms with Crippen LogP contribution in [0.1, 0.15) is 6.42 Å². The van der Waals surface area contributed by atoms with E-state index in [1.54, 1.807) is 0 Å². The number of hydrogen-bond donors (Lipinski definition) is 1. The summed E-state index contributed by atoms with van der Waals surface area (Å²) < 4.78 is 70.2. The Morgan fingerprint density at radius 3 is 1.93 bits per heavy atom. The molecule has 14 heavy (non-hydrogen) atoms. The molecule has 0 aliphatic rings. The molecule has 0 heterocycles. The molecule has 1 unspecified atom stereocenters. The minimum absolute atomic E-state index is 2.15. The van der Waals surface area contributed by atoms with Gasteiger partial charge in [-0.1, -0.05) is 0 Å². The summed E-state index contributed by atoms with van der Waals surface area (Å²) in [6.07, 6.45) is -13.5. The van der Waals surface area contributed by atoms with Gasteiger partial charge in [0.25, 0.3) is 6.08 Å². The Morgan fingerprint density at radius 2 is 1.71 bits per heavy atom. The molecule has 0 aliphatic heterocycles. The summed E-state index contributed by atoms with van der Waals surface area (Å²) in [7, 11) is 0. The Morgan fingerprint density at radius 1 is 1.29 bits per heavy atom. The van der Waals surface area contributed by atoms with E-state index in [4.69, 9.17) is 5.11 Å². The Hall–Kier alpha value is -1.21. The van der Waals surface area contributed by atoms with Gasteiger partial charge in [-0.05, 0) is 0 Å². The van der Waals surface area contributed by atoms with Crippen LogP contribution in [0.4, 0.5) is 26.3 Å². The van der Waals surface area contributed by atoms with E-state index in [0.717, 1.165) is 0 Å². The van der Waals surface area contributed by atoms with Gasteiger partial charge < -0.3 is 5.11 Å². The molecule has 0 aromatic carbocycles. The van der Waals surface area contributed by atoms with Crippen LogP contribution in [0.15, 0.2) is 11.7 Å². The number of carbonyl (C=O) groups is 1. The molecule has 1 atom stereocenters. The van der Waals surface area contributed by atoms with Gasteiger partial charge in [-0.2, -0.15) is 22.0 Å². The number of alkyl halides is 4. The zero-order valence-electron chi connectivity index (χ0n) is 6.41. The molecule has 0 spiro atoms. The third-order valence-electron chi connectivity index (χ3n) is 1.16. The first-order chi connectivity index (χ1) is 6.15. The fraction of sp³-hybridized carbons (Fsp3) is 0.500. The fourth-order valence-corrected chi connectivity index (χ4v) is 0.638. The van der Waals surface area contributed by atoms with Gasteiger partial charge >= 0.3 is 12.1 Å². The van der Waals surface area contributed by atoms with Crippen molar-refractivity contribution >= 4 is 5.97 Å². The van der Waals surface area contributed by atoms with Crippen LogP contribution >= 0.6 is 0 Å². The molecule has 0 amide bonds. The third-order valence-corrected chi connectivity index (χ3v) is 1.16. The Balaban J connectivity index is 4.74. The van der Waals surface area contributed by atoms with Crippen molar-refractivity contribution in [2.75, 3.05) is 0 Å². The summed E-state index contributed by atoms with van der Waals surface area (Å²) in [5.41, 5.74) is -2.15. The lowest BCUT2D eigenvalue weighted by Crippen LogP contribution is -2.22. The highest BCUT2D eigenvalue weighted by Gasteiger charge is 2.37. The van der Waals surface area contributed by atoms with E-state index in [-0.39, 0.29) is 0 Å². The van der Waals surface area contributed by atoms with E-state index in [1.165, 1.54) is 0 Å². The quantitative estimate of drug-likeness (QED) is 0.588. The van der Waals surface area contributed by atoms with Crippen molar-refractivity contribution in [3.05, 3.63) is 11.7 Å². The minimum atomic E-state index is -5.03. The number of rotatable bonds is 3. The molecule has 0 aromatic rings. The number of carboxylic acid groups (broad SMARTS) is 1. The fourth-order valence-electron chi connectivity index (χ4n) is 0.638. The number of aliphatic carboxylic acids is 1. The molecule has 8 heteroatoms. The average molecular weight is 222 g/mol. The first-order valence-corrected chi connectivity index (χ1v) is 3.14. The van der Waals surface area contributed by atoms with Crippen LogP contribution in [0.3, 0.4) is 0 Å². The van der Waals surface area contributed by atoms with E-state index in [1.807, 2.05) is 0 Å². The van der Waals surface area contributed by atoms with Gasteiger partial charge in [-0.25, -0.2) is 9.18 Å². The van der Waals surface area contributed by atoms with Gasteiger partial charge in [0.1, 0.15) is 11.7 Å². The molecule has 2 nitrogen and oxygen atoms in total. The third kappa shape index (κ3) is 4.15. The monoisotopic (exact) mass is 222 g/mol. The van der Waals surface area contributed by atoms with E-state index >= 15 is 0 Å². The second kappa shape index (κ2) is 4.34. The van der Waals surface area contributed by atoms with Crippen molar-refractivity contribution in [3.63, 3.8) is 0 Å². The summed E-state index contributed by atoms with van der Waals surface area (Å²) in [5.74, 6) is -2.40. The highest BCUT2D eigenvalue weighted by molar-refractivity contribution is 5.87. The van der Waals surface area contributed by atoms with E-state index in [0.29, 0.717) is 0 Å². The molecule has 0 radical (unpaired) electrons. The molecule has 1 N–H and O–H groups in total. The van der Waals surface area contributed by atoms with Gasteiger partial charge in [0.2, 0.25) is 0 Å². The van der Waals surface area contributed by atoms with Crippen molar-refractivity contribution < 1.29 is 36.2 Å². The Kier molecular flexibility index (Phi) is 3.96. The SMILES string of the molecule is O=C(O)C(=C(F)F)C(F)CC(F)(F)F. The van der Waals surface area contributed by atoms with E-state index in [2.05, 4.69) is 0 Å². The Bertz CT molecular complexity index is 252. The molecular formula is C6H4F6O2. The van der Waals surface area contributed by atoms with Crippen molar-refractivity contribution in [3.8, 4) is 0 Å². The largest absolute Gasteiger partial charge is 0.478 e. The smallest absolute Gasteiger partial charge is 0.392 e. The number of hydrogen-bond acceptors (Lipinski definition) is 1. The normalized spacial score (nSPS) is 13.6. The predicted molar refractivity (Wildman–Crippen MR) is 32.4 cm³/mol. The molecule has 0 rings (SSSR count). The van der Waals surface area contributed by atoms with E-state index < -0.39 is 36.4 Å².